The molecule has 2 aliphatic heterocycles. The van der Waals surface area contributed by atoms with Crippen LogP contribution in [-0.4, -0.2) is 67.8 Å². The van der Waals surface area contributed by atoms with Gasteiger partial charge in [-0.3, -0.25) is 19.3 Å². The van der Waals surface area contributed by atoms with E-state index >= 15 is 0 Å². The number of anilines is 2. The van der Waals surface area contributed by atoms with Gasteiger partial charge in [-0.15, -0.1) is 0 Å². The lowest BCUT2D eigenvalue weighted by Gasteiger charge is -2.32. The van der Waals surface area contributed by atoms with Crippen molar-refractivity contribution in [1.29, 1.82) is 0 Å². The summed E-state index contributed by atoms with van der Waals surface area (Å²) in [4.78, 5) is 41.4. The molecule has 0 bridgehead atoms. The van der Waals surface area contributed by atoms with Gasteiger partial charge < -0.3 is 19.3 Å². The van der Waals surface area contributed by atoms with Gasteiger partial charge in [0, 0.05) is 68.0 Å². The van der Waals surface area contributed by atoms with Crippen LogP contribution in [0, 0.1) is 6.92 Å². The smallest absolute Gasteiger partial charge is 0.343 e. The maximum atomic E-state index is 14.6. The van der Waals surface area contributed by atoms with E-state index in [0.29, 0.717) is 58.8 Å². The zero-order valence-electron chi connectivity index (χ0n) is 26.5. The summed E-state index contributed by atoms with van der Waals surface area (Å²) in [6.07, 6.45) is 2.77. The zero-order valence-corrected chi connectivity index (χ0v) is 26.5. The molecule has 1 fully saturated rings. The molecule has 47 heavy (non-hydrogen) atoms. The lowest BCUT2D eigenvalue weighted by atomic mass is 9.87. The van der Waals surface area contributed by atoms with E-state index in [2.05, 4.69) is 16.1 Å². The van der Waals surface area contributed by atoms with Crippen LogP contribution in [0.25, 0.3) is 22.0 Å². The lowest BCUT2D eigenvalue weighted by Crippen LogP contribution is -2.38. The average molecular weight is 643 g/mol. The molecule has 0 atom stereocenters. The largest absolute Gasteiger partial charge is 0.435 e. The third-order valence-electron chi connectivity index (χ3n) is 8.92. The minimum Gasteiger partial charge on any atom is -0.343 e. The van der Waals surface area contributed by atoms with Gasteiger partial charge in [0.05, 0.1) is 36.4 Å². The number of hydrogen-bond acceptors (Lipinski definition) is 6. The van der Waals surface area contributed by atoms with Gasteiger partial charge in [0.1, 0.15) is 0 Å². The summed E-state index contributed by atoms with van der Waals surface area (Å²) in [5.41, 5.74) is 4.81. The Balaban J connectivity index is 1.39. The van der Waals surface area contributed by atoms with Crippen molar-refractivity contribution in [2.45, 2.75) is 39.4 Å². The highest BCUT2D eigenvalue weighted by atomic mass is 19.4. The average Bonchev–Trinajstić information content (AvgIpc) is 3.77. The minimum atomic E-state index is -4.68. The molecule has 2 aromatic carbocycles. The monoisotopic (exact) mass is 642 g/mol. The standard InChI is InChI=1S/C34H33F3N8O2/c1-5-21-11-26-28(10-20(2)39-31(26)29(14-21)44-17-30(46)41(3)19-44)45-8-6-23-24(27-16-42(4)40-32(27)34(35,36)37)12-22(13-25(23)33(45)47)15-43-9-7-38-18-43/h7,9-14,16,18H,5-6,8,15,17,19H2,1-4H3. The topological polar surface area (TPSA) is 92.4 Å². The van der Waals surface area contributed by atoms with Crippen molar-refractivity contribution in [2.75, 3.05) is 36.6 Å². The summed E-state index contributed by atoms with van der Waals surface area (Å²) in [6.45, 7) is 5.16. The van der Waals surface area contributed by atoms with Crippen LogP contribution < -0.4 is 9.80 Å². The number of aryl methyl sites for hydroxylation is 3. The van der Waals surface area contributed by atoms with Crippen LogP contribution in [0.2, 0.25) is 0 Å². The van der Waals surface area contributed by atoms with Crippen LogP contribution in [0.15, 0.2) is 55.2 Å². The Bertz CT molecular complexity index is 2050. The number of carbonyl (C=O) groups excluding carboxylic acids is 2. The zero-order chi connectivity index (χ0) is 33.2. The van der Waals surface area contributed by atoms with Gasteiger partial charge in [0.15, 0.2) is 5.69 Å². The van der Waals surface area contributed by atoms with Gasteiger partial charge in [-0.2, -0.15) is 18.3 Å². The molecule has 1 saturated heterocycles. The van der Waals surface area contributed by atoms with E-state index in [-0.39, 0.29) is 30.5 Å². The number of likely N-dealkylation sites (N-methyl/N-ethyl adjacent to an activating group) is 1. The first-order valence-corrected chi connectivity index (χ1v) is 15.4. The molecule has 0 radical (unpaired) electrons. The number of halogens is 3. The predicted octanol–water partition coefficient (Wildman–Crippen LogP) is 5.21. The highest BCUT2D eigenvalue weighted by Crippen LogP contribution is 2.42. The number of aromatic nitrogens is 5. The Kier molecular flexibility index (Phi) is 7.29. The number of nitrogens with zero attached hydrogens (tertiary/aromatic N) is 8. The number of rotatable bonds is 6. The number of pyridine rings is 1. The van der Waals surface area contributed by atoms with E-state index in [0.717, 1.165) is 27.7 Å². The number of alkyl halides is 3. The fourth-order valence-electron chi connectivity index (χ4n) is 6.68. The Morgan fingerprint density at radius 3 is 2.43 bits per heavy atom. The first kappa shape index (κ1) is 30.5. The van der Waals surface area contributed by atoms with Gasteiger partial charge >= 0.3 is 6.18 Å². The van der Waals surface area contributed by atoms with Gasteiger partial charge in [-0.25, -0.2) is 4.98 Å². The van der Waals surface area contributed by atoms with Crippen LogP contribution in [-0.2, 0) is 37.4 Å². The second-order valence-electron chi connectivity index (χ2n) is 12.3. The third-order valence-corrected chi connectivity index (χ3v) is 8.92. The summed E-state index contributed by atoms with van der Waals surface area (Å²) >= 11 is 0. The summed E-state index contributed by atoms with van der Waals surface area (Å²) in [5.74, 6) is -0.288. The molecule has 7 rings (SSSR count). The summed E-state index contributed by atoms with van der Waals surface area (Å²) in [7, 11) is 3.22. The molecule has 0 unspecified atom stereocenters. The molecule has 0 spiro atoms. The SMILES string of the molecule is CCc1cc(N2CC(=O)N(C)C2)c2nc(C)cc(N3CCc4c(cc(Cn5ccnc5)cc4-c4cn(C)nc4C(F)(F)F)C3=O)c2c1. The maximum absolute atomic E-state index is 14.6. The van der Waals surface area contributed by atoms with Gasteiger partial charge in [-0.1, -0.05) is 6.92 Å². The van der Waals surface area contributed by atoms with Crippen molar-refractivity contribution < 1.29 is 22.8 Å². The Morgan fingerprint density at radius 1 is 0.957 bits per heavy atom. The number of benzene rings is 2. The van der Waals surface area contributed by atoms with E-state index in [4.69, 9.17) is 4.98 Å². The Hall–Kier alpha value is -5.20. The van der Waals surface area contributed by atoms with Crippen LogP contribution in [0.1, 0.15) is 45.4 Å². The van der Waals surface area contributed by atoms with Crippen LogP contribution >= 0.6 is 0 Å². The summed E-state index contributed by atoms with van der Waals surface area (Å²) < 4.78 is 45.5. The van der Waals surface area contributed by atoms with Crippen molar-refractivity contribution in [1.82, 2.24) is 29.2 Å². The second-order valence-corrected chi connectivity index (χ2v) is 12.3. The van der Waals surface area contributed by atoms with E-state index in [9.17, 15) is 22.8 Å². The van der Waals surface area contributed by atoms with Crippen molar-refractivity contribution in [3.05, 3.63) is 88.9 Å². The van der Waals surface area contributed by atoms with Crippen LogP contribution in [0.5, 0.6) is 0 Å². The van der Waals surface area contributed by atoms with Gasteiger partial charge in [-0.05, 0) is 72.4 Å². The predicted molar refractivity (Wildman–Crippen MR) is 171 cm³/mol. The first-order chi connectivity index (χ1) is 22.4. The number of imidazole rings is 1. The molecule has 3 aromatic heterocycles. The number of carbonyl (C=O) groups is 2. The quantitative estimate of drug-likeness (QED) is 0.253. The summed E-state index contributed by atoms with van der Waals surface area (Å²) in [6, 6.07) is 9.49. The van der Waals surface area contributed by atoms with E-state index in [1.165, 1.54) is 13.2 Å². The summed E-state index contributed by atoms with van der Waals surface area (Å²) in [5, 5.41) is 4.53. The van der Waals surface area contributed by atoms with Crippen molar-refractivity contribution in [3.63, 3.8) is 0 Å². The molecule has 5 heterocycles. The number of amides is 2. The van der Waals surface area contributed by atoms with Crippen molar-refractivity contribution in [3.8, 4) is 11.1 Å². The second kappa shape index (κ2) is 11.2. The number of hydrogen-bond donors (Lipinski definition) is 0. The fourth-order valence-corrected chi connectivity index (χ4v) is 6.68. The van der Waals surface area contributed by atoms with Crippen molar-refractivity contribution >= 4 is 34.1 Å². The lowest BCUT2D eigenvalue weighted by molar-refractivity contribution is -0.141. The van der Waals surface area contributed by atoms with Gasteiger partial charge in [0.2, 0.25) is 5.91 Å². The third kappa shape index (κ3) is 5.38. The molecule has 2 amide bonds. The van der Waals surface area contributed by atoms with E-state index in [1.54, 1.807) is 52.3 Å². The Labute approximate surface area is 269 Å². The molecule has 242 valence electrons. The molecule has 0 saturated carbocycles. The van der Waals surface area contributed by atoms with Crippen LogP contribution in [0.3, 0.4) is 0 Å². The maximum Gasteiger partial charge on any atom is 0.435 e. The van der Waals surface area contributed by atoms with Crippen LogP contribution in [0.4, 0.5) is 24.5 Å². The molecule has 0 aliphatic carbocycles. The molecular weight excluding hydrogens is 609 g/mol. The molecule has 13 heteroatoms. The normalized spacial score (nSPS) is 15.3. The molecular formula is C34H33F3N8O2. The van der Waals surface area contributed by atoms with E-state index < -0.39 is 11.9 Å². The highest BCUT2D eigenvalue weighted by molar-refractivity contribution is 6.14. The first-order valence-electron chi connectivity index (χ1n) is 15.4. The Morgan fingerprint density at radius 2 is 1.74 bits per heavy atom. The molecule has 10 nitrogen and oxygen atoms in total. The molecule has 2 aliphatic rings. The van der Waals surface area contributed by atoms with Crippen molar-refractivity contribution in [2.24, 2.45) is 7.05 Å². The highest BCUT2D eigenvalue weighted by Gasteiger charge is 2.39. The van der Waals surface area contributed by atoms with E-state index in [1.807, 2.05) is 30.9 Å². The fraction of sp³-hybridized carbons (Fsp3) is 0.324. The molecule has 5 aromatic rings. The minimum absolute atomic E-state index is 0.0142. The van der Waals surface area contributed by atoms with Gasteiger partial charge in [0.25, 0.3) is 5.91 Å². The molecule has 0 N–H and O–H groups in total. The number of fused-ring (bicyclic) bond motifs is 2.